The molecule has 6 nitrogen and oxygen atoms in total. The highest BCUT2D eigenvalue weighted by molar-refractivity contribution is 5.70. The van der Waals surface area contributed by atoms with E-state index in [4.69, 9.17) is 25.5 Å². The van der Waals surface area contributed by atoms with Gasteiger partial charge in [0.15, 0.2) is 0 Å². The average Bonchev–Trinajstić information content (AvgIpc) is 2.12. The van der Waals surface area contributed by atoms with E-state index in [0.29, 0.717) is 0 Å². The molecule has 6 heteroatoms. The van der Waals surface area contributed by atoms with Crippen molar-refractivity contribution >= 4 is 5.97 Å². The van der Waals surface area contributed by atoms with Gasteiger partial charge in [-0.15, -0.1) is 0 Å². The van der Waals surface area contributed by atoms with Gasteiger partial charge in [0.1, 0.15) is 12.2 Å². The van der Waals surface area contributed by atoms with Crippen LogP contribution in [0.2, 0.25) is 0 Å². The quantitative estimate of drug-likeness (QED) is 0.338. The van der Waals surface area contributed by atoms with Crippen LogP contribution in [0.5, 0.6) is 0 Å². The first-order valence-corrected chi connectivity index (χ1v) is 3.79. The summed E-state index contributed by atoms with van der Waals surface area (Å²) in [5.74, 6) is -2.48. The van der Waals surface area contributed by atoms with Crippen molar-refractivity contribution in [2.24, 2.45) is 5.92 Å². The second-order valence-electron chi connectivity index (χ2n) is 2.86. The molecule has 0 spiro atoms. The van der Waals surface area contributed by atoms with Crippen LogP contribution >= 0.6 is 0 Å². The molecule has 5 N–H and O–H groups in total. The van der Waals surface area contributed by atoms with Gasteiger partial charge in [0.2, 0.25) is 0 Å². The number of hydrogen-bond donors (Lipinski definition) is 5. The molecule has 0 fully saturated rings. The SMILES string of the molecule is CC(C(=O)O)C(O)C(O)C(O)CO. The number of carboxylic acid groups (broad SMARTS) is 1. The van der Waals surface area contributed by atoms with Crippen LogP contribution in [-0.2, 0) is 4.79 Å². The molecule has 4 unspecified atom stereocenters. The average molecular weight is 194 g/mol. The summed E-state index contributed by atoms with van der Waals surface area (Å²) in [6, 6.07) is 0. The highest BCUT2D eigenvalue weighted by atomic mass is 16.4. The Morgan fingerprint density at radius 1 is 1.23 bits per heavy atom. The molecule has 0 bridgehead atoms. The molecule has 0 saturated heterocycles. The van der Waals surface area contributed by atoms with E-state index in [0.717, 1.165) is 0 Å². The molecular weight excluding hydrogens is 180 g/mol. The fourth-order valence-electron chi connectivity index (χ4n) is 0.777. The summed E-state index contributed by atoms with van der Waals surface area (Å²) in [6.07, 6.45) is -4.78. The maximum absolute atomic E-state index is 10.3. The number of aliphatic hydroxyl groups excluding tert-OH is 4. The van der Waals surface area contributed by atoms with Crippen LogP contribution in [0.3, 0.4) is 0 Å². The van der Waals surface area contributed by atoms with Gasteiger partial charge in [-0.2, -0.15) is 0 Å². The van der Waals surface area contributed by atoms with Crippen LogP contribution in [0.15, 0.2) is 0 Å². The molecule has 4 atom stereocenters. The Hall–Kier alpha value is -0.690. The molecule has 0 saturated carbocycles. The monoisotopic (exact) mass is 194 g/mol. The van der Waals surface area contributed by atoms with E-state index < -0.39 is 36.8 Å². The third-order valence-electron chi connectivity index (χ3n) is 1.83. The molecule has 0 rings (SSSR count). The van der Waals surface area contributed by atoms with Crippen LogP contribution in [-0.4, -0.2) is 56.4 Å². The van der Waals surface area contributed by atoms with Gasteiger partial charge >= 0.3 is 5.97 Å². The summed E-state index contributed by atoms with van der Waals surface area (Å²) in [5, 5.41) is 44.0. The Morgan fingerprint density at radius 2 is 1.69 bits per heavy atom. The van der Waals surface area contributed by atoms with Crippen molar-refractivity contribution in [2.45, 2.75) is 25.2 Å². The Balaban J connectivity index is 4.24. The number of aliphatic hydroxyl groups is 4. The van der Waals surface area contributed by atoms with E-state index >= 15 is 0 Å². The van der Waals surface area contributed by atoms with Crippen LogP contribution < -0.4 is 0 Å². The lowest BCUT2D eigenvalue weighted by Gasteiger charge is -2.23. The van der Waals surface area contributed by atoms with Crippen molar-refractivity contribution in [2.75, 3.05) is 6.61 Å². The van der Waals surface area contributed by atoms with Gasteiger partial charge in [-0.1, -0.05) is 0 Å². The zero-order valence-electron chi connectivity index (χ0n) is 7.16. The van der Waals surface area contributed by atoms with E-state index in [1.54, 1.807) is 0 Å². The number of carboxylic acids is 1. The van der Waals surface area contributed by atoms with Gasteiger partial charge in [0.05, 0.1) is 18.6 Å². The molecule has 78 valence electrons. The molecule has 0 aromatic rings. The first kappa shape index (κ1) is 12.3. The van der Waals surface area contributed by atoms with Crippen molar-refractivity contribution in [1.82, 2.24) is 0 Å². The van der Waals surface area contributed by atoms with Gasteiger partial charge in [-0.05, 0) is 6.92 Å². The first-order chi connectivity index (χ1) is 5.91. The predicted octanol–water partition coefficient (Wildman–Crippen LogP) is -2.22. The molecule has 13 heavy (non-hydrogen) atoms. The summed E-state index contributed by atoms with van der Waals surface area (Å²) >= 11 is 0. The smallest absolute Gasteiger partial charge is 0.308 e. The number of rotatable bonds is 5. The van der Waals surface area contributed by atoms with Gasteiger partial charge < -0.3 is 25.5 Å². The Morgan fingerprint density at radius 3 is 2.00 bits per heavy atom. The summed E-state index contributed by atoms with van der Waals surface area (Å²) in [7, 11) is 0. The second kappa shape index (κ2) is 5.13. The summed E-state index contributed by atoms with van der Waals surface area (Å²) in [5.41, 5.74) is 0. The number of aliphatic carboxylic acids is 1. The van der Waals surface area contributed by atoms with E-state index in [1.807, 2.05) is 0 Å². The van der Waals surface area contributed by atoms with Gasteiger partial charge in [0, 0.05) is 0 Å². The van der Waals surface area contributed by atoms with Crippen LogP contribution in [0.4, 0.5) is 0 Å². The maximum atomic E-state index is 10.3. The third kappa shape index (κ3) is 3.27. The Bertz CT molecular complexity index is 170. The summed E-state index contributed by atoms with van der Waals surface area (Å²) in [6.45, 7) is 0.463. The highest BCUT2D eigenvalue weighted by Gasteiger charge is 2.32. The fraction of sp³-hybridized carbons (Fsp3) is 0.857. The normalized spacial score (nSPS) is 20.4. The molecule has 0 radical (unpaired) electrons. The first-order valence-electron chi connectivity index (χ1n) is 3.79. The maximum Gasteiger partial charge on any atom is 0.308 e. The standard InChI is InChI=1S/C7H14O6/c1-3(7(12)13)5(10)6(11)4(9)2-8/h3-6,8-11H,2H2,1H3,(H,12,13). The lowest BCUT2D eigenvalue weighted by Crippen LogP contribution is -2.44. The zero-order valence-corrected chi connectivity index (χ0v) is 7.16. The van der Waals surface area contributed by atoms with Crippen LogP contribution in [0.1, 0.15) is 6.92 Å². The largest absolute Gasteiger partial charge is 0.481 e. The van der Waals surface area contributed by atoms with Gasteiger partial charge in [-0.25, -0.2) is 0 Å². The van der Waals surface area contributed by atoms with Gasteiger partial charge in [-0.3, -0.25) is 4.79 Å². The predicted molar refractivity (Wildman–Crippen MR) is 41.9 cm³/mol. The second-order valence-corrected chi connectivity index (χ2v) is 2.86. The molecule has 0 aliphatic heterocycles. The zero-order chi connectivity index (χ0) is 10.6. The van der Waals surface area contributed by atoms with Crippen LogP contribution in [0.25, 0.3) is 0 Å². The van der Waals surface area contributed by atoms with Crippen molar-refractivity contribution in [3.05, 3.63) is 0 Å². The molecular formula is C7H14O6. The Labute approximate surface area is 75.1 Å². The topological polar surface area (TPSA) is 118 Å². The Kier molecular flexibility index (Phi) is 4.86. The minimum atomic E-state index is -1.66. The highest BCUT2D eigenvalue weighted by Crippen LogP contribution is 2.10. The molecule has 0 amide bonds. The van der Waals surface area contributed by atoms with Gasteiger partial charge in [0.25, 0.3) is 0 Å². The van der Waals surface area contributed by atoms with Crippen molar-refractivity contribution in [1.29, 1.82) is 0 Å². The molecule has 0 aromatic carbocycles. The van der Waals surface area contributed by atoms with Crippen molar-refractivity contribution in [3.63, 3.8) is 0 Å². The van der Waals surface area contributed by atoms with E-state index in [1.165, 1.54) is 6.92 Å². The summed E-state index contributed by atoms with van der Waals surface area (Å²) in [4.78, 5) is 10.3. The molecule has 0 aliphatic rings. The molecule has 0 heterocycles. The van der Waals surface area contributed by atoms with Crippen molar-refractivity contribution in [3.8, 4) is 0 Å². The fourth-order valence-corrected chi connectivity index (χ4v) is 0.777. The summed E-state index contributed by atoms with van der Waals surface area (Å²) < 4.78 is 0. The third-order valence-corrected chi connectivity index (χ3v) is 1.83. The molecule has 0 aliphatic carbocycles. The minimum Gasteiger partial charge on any atom is -0.481 e. The number of hydrogen-bond acceptors (Lipinski definition) is 5. The van der Waals surface area contributed by atoms with Crippen molar-refractivity contribution < 1.29 is 30.3 Å². The van der Waals surface area contributed by atoms with E-state index in [9.17, 15) is 4.79 Å². The van der Waals surface area contributed by atoms with E-state index in [2.05, 4.69) is 0 Å². The van der Waals surface area contributed by atoms with E-state index in [-0.39, 0.29) is 0 Å². The minimum absolute atomic E-state index is 0.732. The van der Waals surface area contributed by atoms with Crippen LogP contribution in [0, 0.1) is 5.92 Å². The molecule has 0 aromatic heterocycles. The number of carbonyl (C=O) groups is 1. The lowest BCUT2D eigenvalue weighted by atomic mass is 9.97. The lowest BCUT2D eigenvalue weighted by molar-refractivity contribution is -0.152.